The molecule has 110 valence electrons. The number of fused-ring (bicyclic) bond motifs is 1. The first-order valence-electron chi connectivity index (χ1n) is 6.24. The standard InChI is InChI=1S/C13H17FN2O4/c1-6(11(19)12(20)10(18)5-17)13-15-8-3-2-7(14)4-9(8)16-13/h2-4,6,10-12,17-20H,5H2,1H3,(H,15,16)/t6?,10?,11-,12+/m1/s1. The average molecular weight is 284 g/mol. The smallest absolute Gasteiger partial charge is 0.125 e. The fourth-order valence-electron chi connectivity index (χ4n) is 2.01. The van der Waals surface area contributed by atoms with E-state index in [0.29, 0.717) is 16.9 Å². The molecule has 0 bridgehead atoms. The van der Waals surface area contributed by atoms with E-state index in [4.69, 9.17) is 5.11 Å². The highest BCUT2D eigenvalue weighted by Crippen LogP contribution is 2.23. The lowest BCUT2D eigenvalue weighted by Crippen LogP contribution is -2.42. The van der Waals surface area contributed by atoms with Gasteiger partial charge in [0.2, 0.25) is 0 Å². The number of halogens is 1. The van der Waals surface area contributed by atoms with Crippen LogP contribution < -0.4 is 0 Å². The zero-order chi connectivity index (χ0) is 14.9. The molecular formula is C13H17FN2O4. The number of imidazole rings is 1. The lowest BCUT2D eigenvalue weighted by Gasteiger charge is -2.25. The Balaban J connectivity index is 2.24. The molecule has 6 nitrogen and oxygen atoms in total. The minimum atomic E-state index is -1.50. The molecule has 7 heteroatoms. The minimum absolute atomic E-state index is 0.363. The monoisotopic (exact) mass is 284 g/mol. The SMILES string of the molecule is CC(c1nc2cc(F)ccc2[nH]1)[C@@H](O)[C@@H](O)C(O)CO. The van der Waals surface area contributed by atoms with E-state index >= 15 is 0 Å². The molecule has 0 aliphatic heterocycles. The first-order valence-corrected chi connectivity index (χ1v) is 6.24. The second kappa shape index (κ2) is 5.84. The van der Waals surface area contributed by atoms with Gasteiger partial charge in [-0.2, -0.15) is 0 Å². The zero-order valence-electron chi connectivity index (χ0n) is 10.9. The third-order valence-electron chi connectivity index (χ3n) is 3.34. The maximum absolute atomic E-state index is 13.1. The van der Waals surface area contributed by atoms with Crippen LogP contribution >= 0.6 is 0 Å². The largest absolute Gasteiger partial charge is 0.394 e. The van der Waals surface area contributed by atoms with Gasteiger partial charge in [0.15, 0.2) is 0 Å². The van der Waals surface area contributed by atoms with Crippen LogP contribution in [0.15, 0.2) is 18.2 Å². The van der Waals surface area contributed by atoms with Crippen molar-refractivity contribution in [3.8, 4) is 0 Å². The van der Waals surface area contributed by atoms with E-state index < -0.39 is 36.7 Å². The highest BCUT2D eigenvalue weighted by Gasteiger charge is 2.31. The van der Waals surface area contributed by atoms with Crippen molar-refractivity contribution < 1.29 is 24.8 Å². The Kier molecular flexibility index (Phi) is 4.34. The maximum Gasteiger partial charge on any atom is 0.125 e. The summed E-state index contributed by atoms with van der Waals surface area (Å²) in [5.74, 6) is -0.677. The summed E-state index contributed by atoms with van der Waals surface area (Å²) in [6, 6.07) is 4.07. The summed E-state index contributed by atoms with van der Waals surface area (Å²) in [6.07, 6.45) is -4.25. The molecule has 0 radical (unpaired) electrons. The van der Waals surface area contributed by atoms with Gasteiger partial charge >= 0.3 is 0 Å². The van der Waals surface area contributed by atoms with Gasteiger partial charge in [-0.05, 0) is 12.1 Å². The molecule has 0 spiro atoms. The molecule has 4 atom stereocenters. The molecule has 1 heterocycles. The van der Waals surface area contributed by atoms with E-state index in [-0.39, 0.29) is 0 Å². The normalized spacial score (nSPS) is 17.9. The number of nitrogens with one attached hydrogen (secondary N) is 1. The maximum atomic E-state index is 13.1. The lowest BCUT2D eigenvalue weighted by molar-refractivity contribution is -0.0832. The molecule has 0 saturated carbocycles. The quantitative estimate of drug-likeness (QED) is 0.526. The fraction of sp³-hybridized carbons (Fsp3) is 0.462. The third-order valence-corrected chi connectivity index (χ3v) is 3.34. The first kappa shape index (κ1) is 14.9. The van der Waals surface area contributed by atoms with Crippen LogP contribution in [0.5, 0.6) is 0 Å². The molecule has 1 aromatic carbocycles. The Labute approximate surface area is 114 Å². The Morgan fingerprint density at radius 1 is 1.25 bits per heavy atom. The Morgan fingerprint density at radius 2 is 1.95 bits per heavy atom. The molecule has 2 aromatic rings. The van der Waals surface area contributed by atoms with Crippen molar-refractivity contribution in [1.82, 2.24) is 9.97 Å². The van der Waals surface area contributed by atoms with E-state index in [1.807, 2.05) is 0 Å². The minimum Gasteiger partial charge on any atom is -0.394 e. The Bertz CT molecular complexity index is 589. The number of rotatable bonds is 5. The van der Waals surface area contributed by atoms with Crippen LogP contribution in [0.25, 0.3) is 11.0 Å². The Hall–Kier alpha value is -1.54. The molecule has 20 heavy (non-hydrogen) atoms. The molecular weight excluding hydrogens is 267 g/mol. The highest BCUT2D eigenvalue weighted by atomic mass is 19.1. The highest BCUT2D eigenvalue weighted by molar-refractivity contribution is 5.75. The average Bonchev–Trinajstić information content (AvgIpc) is 2.86. The molecule has 2 rings (SSSR count). The molecule has 0 aliphatic rings. The van der Waals surface area contributed by atoms with Gasteiger partial charge in [0.25, 0.3) is 0 Å². The number of nitrogens with zero attached hydrogens (tertiary/aromatic N) is 1. The Morgan fingerprint density at radius 3 is 2.60 bits per heavy atom. The number of aromatic nitrogens is 2. The van der Waals surface area contributed by atoms with Crippen LogP contribution in [0.2, 0.25) is 0 Å². The summed E-state index contributed by atoms with van der Waals surface area (Å²) in [5.41, 5.74) is 1.02. The van der Waals surface area contributed by atoms with Crippen LogP contribution in [-0.2, 0) is 0 Å². The number of aliphatic hydroxyl groups is 4. The lowest BCUT2D eigenvalue weighted by atomic mass is 9.96. The summed E-state index contributed by atoms with van der Waals surface area (Å²) in [5, 5.41) is 37.7. The number of H-pyrrole nitrogens is 1. The van der Waals surface area contributed by atoms with Gasteiger partial charge in [-0.15, -0.1) is 0 Å². The van der Waals surface area contributed by atoms with Gasteiger partial charge < -0.3 is 25.4 Å². The number of hydrogen-bond donors (Lipinski definition) is 5. The predicted molar refractivity (Wildman–Crippen MR) is 69.6 cm³/mol. The predicted octanol–water partition coefficient (Wildman–Crippen LogP) is -0.120. The molecule has 0 fully saturated rings. The van der Waals surface area contributed by atoms with Crippen molar-refractivity contribution in [2.45, 2.75) is 31.2 Å². The van der Waals surface area contributed by atoms with Gasteiger partial charge in [-0.1, -0.05) is 6.92 Å². The summed E-state index contributed by atoms with van der Waals surface area (Å²) in [6.45, 7) is 0.947. The number of benzene rings is 1. The van der Waals surface area contributed by atoms with Crippen LogP contribution in [0, 0.1) is 5.82 Å². The van der Waals surface area contributed by atoms with Gasteiger partial charge in [-0.25, -0.2) is 9.37 Å². The molecule has 1 aromatic heterocycles. The van der Waals surface area contributed by atoms with Crippen molar-refractivity contribution in [3.63, 3.8) is 0 Å². The van der Waals surface area contributed by atoms with Gasteiger partial charge in [0.05, 0.1) is 23.7 Å². The van der Waals surface area contributed by atoms with Crippen molar-refractivity contribution >= 4 is 11.0 Å². The van der Waals surface area contributed by atoms with E-state index in [1.165, 1.54) is 18.2 Å². The number of aromatic amines is 1. The summed E-state index contributed by atoms with van der Waals surface area (Å²) >= 11 is 0. The second-order valence-corrected chi connectivity index (χ2v) is 4.80. The van der Waals surface area contributed by atoms with E-state index in [0.717, 1.165) is 0 Å². The number of aliphatic hydroxyl groups excluding tert-OH is 4. The van der Waals surface area contributed by atoms with Gasteiger partial charge in [0, 0.05) is 12.0 Å². The van der Waals surface area contributed by atoms with Crippen molar-refractivity contribution in [1.29, 1.82) is 0 Å². The fourth-order valence-corrected chi connectivity index (χ4v) is 2.01. The molecule has 0 amide bonds. The number of hydrogen-bond acceptors (Lipinski definition) is 5. The van der Waals surface area contributed by atoms with E-state index in [9.17, 15) is 19.7 Å². The molecule has 0 saturated heterocycles. The summed E-state index contributed by atoms with van der Waals surface area (Å²) in [4.78, 5) is 7.07. The van der Waals surface area contributed by atoms with Crippen molar-refractivity contribution in [3.05, 3.63) is 29.8 Å². The van der Waals surface area contributed by atoms with Crippen LogP contribution in [0.3, 0.4) is 0 Å². The summed E-state index contributed by atoms with van der Waals surface area (Å²) in [7, 11) is 0. The first-order chi connectivity index (χ1) is 9.43. The van der Waals surface area contributed by atoms with Crippen molar-refractivity contribution in [2.75, 3.05) is 6.61 Å². The van der Waals surface area contributed by atoms with Crippen LogP contribution in [-0.4, -0.2) is 55.3 Å². The van der Waals surface area contributed by atoms with Crippen LogP contribution in [0.4, 0.5) is 4.39 Å². The topological polar surface area (TPSA) is 110 Å². The third kappa shape index (κ3) is 2.80. The van der Waals surface area contributed by atoms with Crippen molar-refractivity contribution in [2.24, 2.45) is 0 Å². The van der Waals surface area contributed by atoms with Gasteiger partial charge in [-0.3, -0.25) is 0 Å². The van der Waals surface area contributed by atoms with E-state index in [2.05, 4.69) is 9.97 Å². The van der Waals surface area contributed by atoms with Gasteiger partial charge in [0.1, 0.15) is 23.8 Å². The van der Waals surface area contributed by atoms with Crippen LogP contribution in [0.1, 0.15) is 18.7 Å². The zero-order valence-corrected chi connectivity index (χ0v) is 10.9. The summed E-state index contributed by atoms with van der Waals surface area (Å²) < 4.78 is 13.1. The second-order valence-electron chi connectivity index (χ2n) is 4.80. The molecule has 2 unspecified atom stereocenters. The van der Waals surface area contributed by atoms with E-state index in [1.54, 1.807) is 6.92 Å². The molecule has 5 N–H and O–H groups in total. The molecule has 0 aliphatic carbocycles.